The van der Waals surface area contributed by atoms with Crippen molar-refractivity contribution >= 4 is 15.9 Å². The van der Waals surface area contributed by atoms with Crippen molar-refractivity contribution in [2.45, 2.75) is 76.1 Å². The highest BCUT2D eigenvalue weighted by Gasteiger charge is 2.06. The number of rotatable bonds is 9. The molecular formula is C12H24BrO. The summed E-state index contributed by atoms with van der Waals surface area (Å²) >= 11 is 3.50. The molecule has 1 radical (unpaired) electrons. The standard InChI is InChI=1S/C12H24BrO/c1-3-4-5-6-9-12(14)10-7-8-11(2)13/h11-12H,3-10H2,1-2H3. The Morgan fingerprint density at radius 3 is 2.21 bits per heavy atom. The molecule has 2 heteroatoms. The summed E-state index contributed by atoms with van der Waals surface area (Å²) in [6.45, 7) is 4.34. The van der Waals surface area contributed by atoms with Gasteiger partial charge in [0.2, 0.25) is 0 Å². The van der Waals surface area contributed by atoms with E-state index in [0.29, 0.717) is 4.83 Å². The first-order chi connectivity index (χ1) is 6.66. The number of halogens is 1. The molecule has 14 heavy (non-hydrogen) atoms. The smallest absolute Gasteiger partial charge is 0.0930 e. The van der Waals surface area contributed by atoms with E-state index in [9.17, 15) is 5.11 Å². The number of hydrogen-bond donors (Lipinski definition) is 0. The molecule has 0 bridgehead atoms. The largest absolute Gasteiger partial charge is 0.233 e. The Morgan fingerprint density at radius 2 is 1.64 bits per heavy atom. The maximum absolute atomic E-state index is 11.5. The number of hydrogen-bond acceptors (Lipinski definition) is 0. The van der Waals surface area contributed by atoms with E-state index in [0.717, 1.165) is 32.1 Å². The Bertz CT molecular complexity index is 115. The fraction of sp³-hybridized carbons (Fsp3) is 1.00. The van der Waals surface area contributed by atoms with E-state index < -0.39 is 0 Å². The van der Waals surface area contributed by atoms with Gasteiger partial charge in [-0.1, -0.05) is 55.5 Å². The zero-order valence-electron chi connectivity index (χ0n) is 9.60. The van der Waals surface area contributed by atoms with E-state index in [1.54, 1.807) is 0 Å². The van der Waals surface area contributed by atoms with Gasteiger partial charge in [-0.3, -0.25) is 0 Å². The average Bonchev–Trinajstić information content (AvgIpc) is 2.12. The topological polar surface area (TPSA) is 19.9 Å². The first-order valence-electron chi connectivity index (χ1n) is 5.96. The summed E-state index contributed by atoms with van der Waals surface area (Å²) in [5.41, 5.74) is 0. The molecule has 0 heterocycles. The van der Waals surface area contributed by atoms with Gasteiger partial charge in [-0.2, -0.15) is 0 Å². The molecule has 0 saturated carbocycles. The van der Waals surface area contributed by atoms with Crippen LogP contribution in [-0.4, -0.2) is 10.9 Å². The quantitative estimate of drug-likeness (QED) is 0.424. The van der Waals surface area contributed by atoms with Crippen LogP contribution >= 0.6 is 15.9 Å². The van der Waals surface area contributed by atoms with Crippen LogP contribution in [-0.2, 0) is 5.11 Å². The Morgan fingerprint density at radius 1 is 1.00 bits per heavy atom. The van der Waals surface area contributed by atoms with Crippen molar-refractivity contribution in [3.05, 3.63) is 0 Å². The molecule has 2 atom stereocenters. The van der Waals surface area contributed by atoms with E-state index in [2.05, 4.69) is 29.8 Å². The minimum atomic E-state index is -0.307. The van der Waals surface area contributed by atoms with E-state index in [1.165, 1.54) is 19.3 Å². The molecule has 0 aromatic rings. The van der Waals surface area contributed by atoms with Crippen molar-refractivity contribution in [3.63, 3.8) is 0 Å². The monoisotopic (exact) mass is 263 g/mol. The van der Waals surface area contributed by atoms with Crippen molar-refractivity contribution in [2.75, 3.05) is 0 Å². The normalized spacial score (nSPS) is 15.4. The average molecular weight is 264 g/mol. The highest BCUT2D eigenvalue weighted by Crippen LogP contribution is 2.14. The third-order valence-corrected chi connectivity index (χ3v) is 2.97. The minimum absolute atomic E-state index is 0.307. The van der Waals surface area contributed by atoms with Crippen molar-refractivity contribution in [3.8, 4) is 0 Å². The highest BCUT2D eigenvalue weighted by molar-refractivity contribution is 9.09. The van der Waals surface area contributed by atoms with Gasteiger partial charge in [0.05, 0.1) is 6.10 Å². The molecule has 0 rings (SSSR count). The highest BCUT2D eigenvalue weighted by atomic mass is 79.9. The lowest BCUT2D eigenvalue weighted by Gasteiger charge is -2.08. The fourth-order valence-corrected chi connectivity index (χ4v) is 1.89. The molecule has 0 aromatic heterocycles. The molecule has 0 amide bonds. The predicted molar refractivity (Wildman–Crippen MR) is 65.5 cm³/mol. The predicted octanol–water partition coefficient (Wildman–Crippen LogP) is 4.71. The zero-order chi connectivity index (χ0) is 10.8. The van der Waals surface area contributed by atoms with E-state index >= 15 is 0 Å². The second kappa shape index (κ2) is 9.97. The van der Waals surface area contributed by atoms with Crippen LogP contribution in [0.4, 0.5) is 0 Å². The summed E-state index contributed by atoms with van der Waals surface area (Å²) in [7, 11) is 0. The van der Waals surface area contributed by atoms with Crippen LogP contribution < -0.4 is 0 Å². The minimum Gasteiger partial charge on any atom is -0.233 e. The molecule has 85 valence electrons. The molecule has 0 spiro atoms. The molecule has 2 unspecified atom stereocenters. The van der Waals surface area contributed by atoms with Gasteiger partial charge in [-0.25, -0.2) is 5.11 Å². The maximum atomic E-state index is 11.5. The molecular weight excluding hydrogens is 240 g/mol. The van der Waals surface area contributed by atoms with Crippen LogP contribution in [0.5, 0.6) is 0 Å². The molecule has 0 aromatic carbocycles. The second-order valence-corrected chi connectivity index (χ2v) is 5.75. The maximum Gasteiger partial charge on any atom is 0.0930 e. The summed E-state index contributed by atoms with van der Waals surface area (Å²) in [6, 6.07) is 0. The Balaban J connectivity index is 3.15. The first-order valence-corrected chi connectivity index (χ1v) is 6.88. The van der Waals surface area contributed by atoms with E-state index in [4.69, 9.17) is 0 Å². The first kappa shape index (κ1) is 14.4. The van der Waals surface area contributed by atoms with Gasteiger partial charge < -0.3 is 0 Å². The number of alkyl halides is 1. The molecule has 0 aliphatic carbocycles. The lowest BCUT2D eigenvalue weighted by molar-refractivity contribution is 0.0691. The SMILES string of the molecule is CCCCCCC([O])CCCC(C)Br. The second-order valence-electron chi connectivity index (χ2n) is 4.18. The molecule has 0 N–H and O–H groups in total. The summed E-state index contributed by atoms with van der Waals surface area (Å²) in [5.74, 6) is 0. The lowest BCUT2D eigenvalue weighted by atomic mass is 10.0. The summed E-state index contributed by atoms with van der Waals surface area (Å²) < 4.78 is 0. The summed E-state index contributed by atoms with van der Waals surface area (Å²) in [4.78, 5) is 0.565. The number of unbranched alkanes of at least 4 members (excludes halogenated alkanes) is 3. The van der Waals surface area contributed by atoms with Crippen LogP contribution in [0.15, 0.2) is 0 Å². The van der Waals surface area contributed by atoms with Gasteiger partial charge in [0.15, 0.2) is 0 Å². The summed E-state index contributed by atoms with van der Waals surface area (Å²) in [6.07, 6.45) is 8.56. The fourth-order valence-electron chi connectivity index (χ4n) is 1.57. The molecule has 1 nitrogen and oxygen atoms in total. The molecule has 0 saturated heterocycles. The van der Waals surface area contributed by atoms with Crippen molar-refractivity contribution in [2.24, 2.45) is 0 Å². The van der Waals surface area contributed by atoms with Crippen LogP contribution in [0.2, 0.25) is 0 Å². The van der Waals surface area contributed by atoms with E-state index in [-0.39, 0.29) is 6.10 Å². The van der Waals surface area contributed by atoms with Crippen molar-refractivity contribution in [1.82, 2.24) is 0 Å². The van der Waals surface area contributed by atoms with Gasteiger partial charge in [-0.05, 0) is 25.7 Å². The summed E-state index contributed by atoms with van der Waals surface area (Å²) in [5, 5.41) is 11.5. The Hall–Kier alpha value is 0.440. The third kappa shape index (κ3) is 10.5. The van der Waals surface area contributed by atoms with Gasteiger partial charge in [0.1, 0.15) is 0 Å². The van der Waals surface area contributed by atoms with Crippen LogP contribution in [0.1, 0.15) is 65.2 Å². The molecule has 0 fully saturated rings. The van der Waals surface area contributed by atoms with Gasteiger partial charge >= 0.3 is 0 Å². The molecule has 0 aliphatic rings. The van der Waals surface area contributed by atoms with Gasteiger partial charge in [0, 0.05) is 4.83 Å². The van der Waals surface area contributed by atoms with Crippen LogP contribution in [0, 0.1) is 0 Å². The third-order valence-electron chi connectivity index (χ3n) is 2.51. The van der Waals surface area contributed by atoms with Crippen molar-refractivity contribution in [1.29, 1.82) is 0 Å². The molecule has 0 aliphatic heterocycles. The van der Waals surface area contributed by atoms with Crippen LogP contribution in [0.25, 0.3) is 0 Å². The van der Waals surface area contributed by atoms with Gasteiger partial charge in [-0.15, -0.1) is 0 Å². The Kier molecular flexibility index (Phi) is 10.3. The van der Waals surface area contributed by atoms with Crippen LogP contribution in [0.3, 0.4) is 0 Å². The Labute approximate surface area is 97.4 Å². The van der Waals surface area contributed by atoms with E-state index in [1.807, 2.05) is 0 Å². The zero-order valence-corrected chi connectivity index (χ0v) is 11.2. The van der Waals surface area contributed by atoms with Crippen molar-refractivity contribution < 1.29 is 5.11 Å². The lowest BCUT2D eigenvalue weighted by Crippen LogP contribution is -2.05. The van der Waals surface area contributed by atoms with Gasteiger partial charge in [0.25, 0.3) is 0 Å².